The number of fused-ring (bicyclic) bond motifs is 4. The van der Waals surface area contributed by atoms with Gasteiger partial charge in [0.05, 0.1) is 36.4 Å². The Balaban J connectivity index is 1.44. The number of nitrogens with zero attached hydrogens (tertiary/aromatic N) is 5. The lowest BCUT2D eigenvalue weighted by Crippen LogP contribution is -2.34. The number of benzene rings is 2. The number of carbonyl (C=O) groups is 3. The number of methoxy groups -OCH3 is 1. The number of alkyl halides is 2. The molecule has 4 aromatic rings. The summed E-state index contributed by atoms with van der Waals surface area (Å²) in [6.07, 6.45) is 6.69. The highest BCUT2D eigenvalue weighted by Crippen LogP contribution is 2.33. The largest absolute Gasteiger partial charge is 0.453 e. The first-order chi connectivity index (χ1) is 21.1. The van der Waals surface area contributed by atoms with Crippen molar-refractivity contribution in [1.82, 2.24) is 35.5 Å². The summed E-state index contributed by atoms with van der Waals surface area (Å²) in [5.74, 6) is -5.45. The predicted octanol–water partition coefficient (Wildman–Crippen LogP) is 4.68. The molecular formula is C28H24ClF2N9O4. The van der Waals surface area contributed by atoms with Crippen LogP contribution in [0.25, 0.3) is 23.0 Å². The molecule has 0 spiro atoms. The molecule has 13 nitrogen and oxygen atoms in total. The summed E-state index contributed by atoms with van der Waals surface area (Å²) in [4.78, 5) is 44.8. The second-order valence-electron chi connectivity index (χ2n) is 9.48. The standard InChI is InChI=1S/C28H24ClF2N9O4/c1-44-27(43)34-18-7-8-19-21(13-18)37-26(42)28(30,31)11-3-2-4-20(25-32-14-22(19)36-25)35-24(41)10-5-16-12-17(29)6-9-23(16)40-15-33-38-39-40/h2-3,5-10,12-15,20H,4,11H2,1H3,(H,32,36)(H,34,43)(H,35,41)(H,37,42)/b3-2+,10-5+/t20-/m0/s1. The van der Waals surface area contributed by atoms with Gasteiger partial charge in [0.25, 0.3) is 5.91 Å². The molecule has 2 aromatic heterocycles. The van der Waals surface area contributed by atoms with Gasteiger partial charge in [-0.1, -0.05) is 23.8 Å². The van der Waals surface area contributed by atoms with E-state index in [0.717, 1.165) is 6.08 Å². The molecule has 2 aromatic carbocycles. The number of ether oxygens (including phenoxy) is 1. The van der Waals surface area contributed by atoms with E-state index in [1.807, 2.05) is 0 Å². The first-order valence-corrected chi connectivity index (χ1v) is 13.4. The number of tetrazole rings is 1. The molecule has 4 N–H and O–H groups in total. The van der Waals surface area contributed by atoms with Gasteiger partial charge in [0, 0.05) is 34.3 Å². The van der Waals surface area contributed by atoms with Crippen molar-refractivity contribution >= 4 is 47.0 Å². The molecule has 3 heterocycles. The van der Waals surface area contributed by atoms with Crippen molar-refractivity contribution in [2.24, 2.45) is 0 Å². The number of anilines is 2. The average molecular weight is 624 g/mol. The number of aromatic nitrogens is 6. The molecule has 0 radical (unpaired) electrons. The van der Waals surface area contributed by atoms with Crippen molar-refractivity contribution in [1.29, 1.82) is 0 Å². The average Bonchev–Trinajstić information content (AvgIpc) is 3.71. The molecule has 16 heteroatoms. The van der Waals surface area contributed by atoms with E-state index in [1.165, 1.54) is 60.7 Å². The minimum Gasteiger partial charge on any atom is -0.453 e. The van der Waals surface area contributed by atoms with Crippen molar-refractivity contribution in [2.45, 2.75) is 24.8 Å². The minimum absolute atomic E-state index is 0.00886. The molecule has 5 rings (SSSR count). The van der Waals surface area contributed by atoms with Gasteiger partial charge in [-0.15, -0.1) is 5.10 Å². The van der Waals surface area contributed by atoms with Gasteiger partial charge in [0.15, 0.2) is 0 Å². The first kappa shape index (κ1) is 30.0. The van der Waals surface area contributed by atoms with Crippen LogP contribution >= 0.6 is 11.6 Å². The minimum atomic E-state index is -3.75. The summed E-state index contributed by atoms with van der Waals surface area (Å²) in [6.45, 7) is 0. The summed E-state index contributed by atoms with van der Waals surface area (Å²) in [5, 5.41) is 19.1. The Morgan fingerprint density at radius 1 is 1.20 bits per heavy atom. The normalized spacial score (nSPS) is 16.9. The maximum atomic E-state index is 14.8. The fourth-order valence-electron chi connectivity index (χ4n) is 4.31. The zero-order valence-corrected chi connectivity index (χ0v) is 23.7. The third-order valence-electron chi connectivity index (χ3n) is 6.48. The van der Waals surface area contributed by atoms with E-state index in [4.69, 9.17) is 11.6 Å². The number of aromatic amines is 1. The smallest absolute Gasteiger partial charge is 0.411 e. The van der Waals surface area contributed by atoms with Crippen molar-refractivity contribution < 1.29 is 27.9 Å². The van der Waals surface area contributed by atoms with E-state index in [-0.39, 0.29) is 17.8 Å². The lowest BCUT2D eigenvalue weighted by atomic mass is 10.1. The Bertz CT molecular complexity index is 1760. The second-order valence-corrected chi connectivity index (χ2v) is 9.92. The molecule has 0 unspecified atom stereocenters. The van der Waals surface area contributed by atoms with Crippen LogP contribution in [0.2, 0.25) is 5.02 Å². The van der Waals surface area contributed by atoms with Gasteiger partial charge < -0.3 is 20.4 Å². The molecule has 1 atom stereocenters. The van der Waals surface area contributed by atoms with E-state index in [1.54, 1.807) is 18.2 Å². The van der Waals surface area contributed by atoms with E-state index >= 15 is 0 Å². The molecule has 2 bridgehead atoms. The molecule has 0 saturated carbocycles. The molecule has 44 heavy (non-hydrogen) atoms. The fourth-order valence-corrected chi connectivity index (χ4v) is 4.49. The number of halogens is 3. The summed E-state index contributed by atoms with van der Waals surface area (Å²) >= 11 is 6.16. The molecule has 3 amide bonds. The number of H-pyrrole nitrogens is 1. The molecule has 0 fully saturated rings. The Morgan fingerprint density at radius 2 is 2.05 bits per heavy atom. The maximum Gasteiger partial charge on any atom is 0.411 e. The van der Waals surface area contributed by atoms with Crippen LogP contribution in [0, 0.1) is 0 Å². The number of hydrogen-bond donors (Lipinski definition) is 4. The molecule has 226 valence electrons. The van der Waals surface area contributed by atoms with Gasteiger partial charge in [0.2, 0.25) is 5.91 Å². The Kier molecular flexibility index (Phi) is 8.76. The molecular weight excluding hydrogens is 600 g/mol. The van der Waals surface area contributed by atoms with Crippen LogP contribution in [-0.4, -0.2) is 61.1 Å². The number of nitrogens with one attached hydrogen (secondary N) is 4. The predicted molar refractivity (Wildman–Crippen MR) is 156 cm³/mol. The number of rotatable bonds is 5. The van der Waals surface area contributed by atoms with Crippen LogP contribution in [0.4, 0.5) is 25.0 Å². The lowest BCUT2D eigenvalue weighted by molar-refractivity contribution is -0.139. The fraction of sp³-hybridized carbons (Fsp3) is 0.179. The highest BCUT2D eigenvalue weighted by molar-refractivity contribution is 6.30. The highest BCUT2D eigenvalue weighted by Gasteiger charge is 2.38. The van der Waals surface area contributed by atoms with Crippen LogP contribution in [0.15, 0.2) is 67.2 Å². The van der Waals surface area contributed by atoms with E-state index in [0.29, 0.717) is 33.4 Å². The van der Waals surface area contributed by atoms with Gasteiger partial charge in [-0.25, -0.2) is 9.78 Å². The van der Waals surface area contributed by atoms with Crippen LogP contribution in [0.5, 0.6) is 0 Å². The third-order valence-corrected chi connectivity index (χ3v) is 6.71. The highest BCUT2D eigenvalue weighted by atomic mass is 35.5. The lowest BCUT2D eigenvalue weighted by Gasteiger charge is -2.17. The summed E-state index contributed by atoms with van der Waals surface area (Å²) in [6, 6.07) is 8.58. The second kappa shape index (κ2) is 12.8. The van der Waals surface area contributed by atoms with Crippen molar-refractivity contribution in [3.8, 4) is 16.9 Å². The van der Waals surface area contributed by atoms with Crippen LogP contribution in [-0.2, 0) is 14.3 Å². The van der Waals surface area contributed by atoms with Gasteiger partial charge >= 0.3 is 12.0 Å². The number of amides is 3. The van der Waals surface area contributed by atoms with Crippen molar-refractivity contribution in [3.63, 3.8) is 0 Å². The molecule has 0 saturated heterocycles. The Labute approximate surface area is 253 Å². The Hall–Kier alpha value is -5.44. The van der Waals surface area contributed by atoms with Crippen molar-refractivity contribution in [2.75, 3.05) is 17.7 Å². The van der Waals surface area contributed by atoms with Gasteiger partial charge in [-0.2, -0.15) is 13.5 Å². The maximum absolute atomic E-state index is 14.8. The molecule has 0 aliphatic carbocycles. The zero-order valence-electron chi connectivity index (χ0n) is 22.9. The third kappa shape index (κ3) is 6.95. The number of allylic oxidation sites excluding steroid dienone is 1. The molecule has 1 aliphatic rings. The monoisotopic (exact) mass is 623 g/mol. The zero-order chi connectivity index (χ0) is 31.3. The number of imidazole rings is 1. The van der Waals surface area contributed by atoms with E-state index in [9.17, 15) is 23.2 Å². The molecule has 1 aliphatic heterocycles. The summed E-state index contributed by atoms with van der Waals surface area (Å²) in [7, 11) is 1.17. The topological polar surface area (TPSA) is 169 Å². The number of carbonyl (C=O) groups excluding carboxylic acids is 3. The van der Waals surface area contributed by atoms with E-state index in [2.05, 4.69) is 46.2 Å². The van der Waals surface area contributed by atoms with Crippen LogP contribution < -0.4 is 16.0 Å². The SMILES string of the molecule is COC(=O)Nc1ccc2c(c1)NC(=O)C(F)(F)C/C=C/C[C@H](NC(=O)/C=C/c1cc(Cl)ccc1-n1cnnn1)c1ncc-2[nH]1. The quantitative estimate of drug-likeness (QED) is 0.183. The van der Waals surface area contributed by atoms with Crippen LogP contribution in [0.3, 0.4) is 0 Å². The first-order valence-electron chi connectivity index (χ1n) is 13.0. The summed E-state index contributed by atoms with van der Waals surface area (Å²) in [5.41, 5.74) is 2.01. The van der Waals surface area contributed by atoms with E-state index < -0.39 is 36.3 Å². The van der Waals surface area contributed by atoms with Gasteiger partial charge in [-0.05, 0) is 59.3 Å². The van der Waals surface area contributed by atoms with Gasteiger partial charge in [0.1, 0.15) is 12.2 Å². The summed E-state index contributed by atoms with van der Waals surface area (Å²) < 4.78 is 35.5. The van der Waals surface area contributed by atoms with Crippen molar-refractivity contribution in [3.05, 3.63) is 83.6 Å². The Morgan fingerprint density at radius 3 is 2.82 bits per heavy atom. The van der Waals surface area contributed by atoms with Crippen LogP contribution in [0.1, 0.15) is 30.3 Å². The number of hydrogen-bond acceptors (Lipinski definition) is 8. The van der Waals surface area contributed by atoms with Gasteiger partial charge in [-0.3, -0.25) is 14.9 Å².